The fourth-order valence-electron chi connectivity index (χ4n) is 4.30. The van der Waals surface area contributed by atoms with Gasteiger partial charge in [-0.1, -0.05) is 6.92 Å². The number of hydrogen-bond donors (Lipinski definition) is 1. The second-order valence-corrected chi connectivity index (χ2v) is 7.31. The van der Waals surface area contributed by atoms with Gasteiger partial charge in [-0.25, -0.2) is 4.52 Å². The summed E-state index contributed by atoms with van der Waals surface area (Å²) in [6.45, 7) is 2.58. The molecule has 1 saturated heterocycles. The summed E-state index contributed by atoms with van der Waals surface area (Å²) in [6, 6.07) is 8.12. The molecular weight excluding hydrogens is 328 g/mol. The van der Waals surface area contributed by atoms with Gasteiger partial charge in [-0.3, -0.25) is 9.89 Å². The Hall–Kier alpha value is -3.14. The molecule has 2 fully saturated rings. The lowest BCUT2D eigenvalue weighted by Crippen LogP contribution is -2.37. The first-order chi connectivity index (χ1) is 12.6. The first kappa shape index (κ1) is 15.1. The average molecular weight is 346 g/mol. The standard InChI is InChI=1S/C19H18N6O/c1-12-9-24(18(26)19(12,11-20)14-2-3-14)16-5-7-22-25-10-13(8-17(16)25)15-4-6-21-23-15/h4-8,10,12,14H,2-3,9H2,1H3,(H,21,23)/t12-,19+/m1/s1. The van der Waals surface area contributed by atoms with Crippen LogP contribution in [0.3, 0.4) is 0 Å². The van der Waals surface area contributed by atoms with E-state index in [0.717, 1.165) is 35.3 Å². The maximum Gasteiger partial charge on any atom is 0.248 e. The summed E-state index contributed by atoms with van der Waals surface area (Å²) in [5.74, 6) is 0.149. The van der Waals surface area contributed by atoms with E-state index in [2.05, 4.69) is 21.4 Å². The third kappa shape index (κ3) is 1.90. The summed E-state index contributed by atoms with van der Waals surface area (Å²) < 4.78 is 1.76. The Morgan fingerprint density at radius 3 is 2.92 bits per heavy atom. The Bertz CT molecular complexity index is 1040. The minimum Gasteiger partial charge on any atom is -0.309 e. The van der Waals surface area contributed by atoms with Crippen molar-refractivity contribution in [3.05, 3.63) is 36.8 Å². The van der Waals surface area contributed by atoms with Gasteiger partial charge in [-0.2, -0.15) is 15.5 Å². The van der Waals surface area contributed by atoms with Gasteiger partial charge >= 0.3 is 0 Å². The number of fused-ring (bicyclic) bond motifs is 1. The van der Waals surface area contributed by atoms with E-state index in [0.29, 0.717) is 6.54 Å². The van der Waals surface area contributed by atoms with Gasteiger partial charge in [0.1, 0.15) is 5.41 Å². The highest BCUT2D eigenvalue weighted by atomic mass is 16.2. The Labute approximate surface area is 150 Å². The van der Waals surface area contributed by atoms with E-state index in [1.807, 2.05) is 31.3 Å². The highest BCUT2D eigenvalue weighted by molar-refractivity contribution is 6.05. The van der Waals surface area contributed by atoms with E-state index in [9.17, 15) is 10.1 Å². The molecule has 5 rings (SSSR count). The quantitative estimate of drug-likeness (QED) is 0.789. The lowest BCUT2D eigenvalue weighted by molar-refractivity contribution is -0.124. The van der Waals surface area contributed by atoms with Gasteiger partial charge < -0.3 is 4.90 Å². The van der Waals surface area contributed by atoms with Gasteiger partial charge in [-0.05, 0) is 37.0 Å². The SMILES string of the molecule is C[C@@H]1CN(c2ccnn3cc(-c4cc[nH]n4)cc23)C(=O)[C@]1(C#N)C1CC1. The Morgan fingerprint density at radius 1 is 1.38 bits per heavy atom. The van der Waals surface area contributed by atoms with Crippen LogP contribution in [0.2, 0.25) is 0 Å². The van der Waals surface area contributed by atoms with Crippen molar-refractivity contribution in [3.63, 3.8) is 0 Å². The number of anilines is 1. The molecule has 0 radical (unpaired) electrons. The zero-order valence-corrected chi connectivity index (χ0v) is 14.4. The van der Waals surface area contributed by atoms with Crippen molar-refractivity contribution < 1.29 is 4.79 Å². The Kier molecular flexibility index (Phi) is 3.02. The molecule has 1 aliphatic carbocycles. The molecule has 0 aromatic carbocycles. The highest BCUT2D eigenvalue weighted by Gasteiger charge is 2.61. The van der Waals surface area contributed by atoms with Crippen molar-refractivity contribution in [2.75, 3.05) is 11.4 Å². The number of amides is 1. The predicted octanol–water partition coefficient (Wildman–Crippen LogP) is 2.63. The fraction of sp³-hybridized carbons (Fsp3) is 0.368. The molecule has 1 saturated carbocycles. The molecule has 26 heavy (non-hydrogen) atoms. The summed E-state index contributed by atoms with van der Waals surface area (Å²) in [5, 5.41) is 21.2. The largest absolute Gasteiger partial charge is 0.309 e. The molecule has 2 aliphatic rings. The summed E-state index contributed by atoms with van der Waals surface area (Å²) in [7, 11) is 0. The number of hydrogen-bond acceptors (Lipinski definition) is 4. The lowest BCUT2D eigenvalue weighted by Gasteiger charge is -2.23. The maximum absolute atomic E-state index is 13.3. The molecular formula is C19H18N6O. The van der Waals surface area contributed by atoms with Crippen LogP contribution in [0.15, 0.2) is 36.8 Å². The minimum absolute atomic E-state index is 0.0153. The molecule has 0 spiro atoms. The minimum atomic E-state index is -0.877. The molecule has 130 valence electrons. The number of nitrogens with zero attached hydrogens (tertiary/aromatic N) is 5. The van der Waals surface area contributed by atoms with Crippen molar-refractivity contribution in [3.8, 4) is 17.3 Å². The van der Waals surface area contributed by atoms with E-state index in [1.165, 1.54) is 0 Å². The molecule has 7 heteroatoms. The monoisotopic (exact) mass is 346 g/mol. The first-order valence-corrected chi connectivity index (χ1v) is 8.86. The lowest BCUT2D eigenvalue weighted by atomic mass is 9.75. The molecule has 2 atom stereocenters. The van der Waals surface area contributed by atoms with Gasteiger partial charge in [0.15, 0.2) is 0 Å². The molecule has 1 N–H and O–H groups in total. The number of carbonyl (C=O) groups is 1. The first-order valence-electron chi connectivity index (χ1n) is 8.86. The number of aromatic nitrogens is 4. The summed E-state index contributed by atoms with van der Waals surface area (Å²) in [5.41, 5.74) is 2.52. The van der Waals surface area contributed by atoms with Gasteiger partial charge in [0.2, 0.25) is 5.91 Å². The van der Waals surface area contributed by atoms with Crippen LogP contribution in [0.5, 0.6) is 0 Å². The van der Waals surface area contributed by atoms with Crippen LogP contribution in [0.25, 0.3) is 16.8 Å². The van der Waals surface area contributed by atoms with E-state index in [-0.39, 0.29) is 17.7 Å². The van der Waals surface area contributed by atoms with Crippen molar-refractivity contribution in [2.24, 2.45) is 17.3 Å². The Morgan fingerprint density at radius 2 is 2.23 bits per heavy atom. The normalized spacial score (nSPS) is 25.8. The maximum atomic E-state index is 13.3. The van der Waals surface area contributed by atoms with Crippen LogP contribution in [0, 0.1) is 28.6 Å². The van der Waals surface area contributed by atoms with Crippen molar-refractivity contribution in [1.29, 1.82) is 5.26 Å². The number of aromatic amines is 1. The number of rotatable bonds is 3. The molecule has 0 unspecified atom stereocenters. The molecule has 1 amide bonds. The van der Waals surface area contributed by atoms with Gasteiger partial charge in [0, 0.05) is 36.6 Å². The van der Waals surface area contributed by atoms with Crippen LogP contribution in [0.4, 0.5) is 5.69 Å². The molecule has 4 heterocycles. The third-order valence-electron chi connectivity index (χ3n) is 5.81. The van der Waals surface area contributed by atoms with Crippen LogP contribution in [-0.2, 0) is 4.79 Å². The van der Waals surface area contributed by atoms with Gasteiger partial charge in [0.05, 0.1) is 23.0 Å². The molecule has 1 aliphatic heterocycles. The second kappa shape index (κ2) is 5.18. The molecule has 3 aromatic heterocycles. The van der Waals surface area contributed by atoms with E-state index >= 15 is 0 Å². The average Bonchev–Trinajstić information content (AvgIpc) is 3.09. The van der Waals surface area contributed by atoms with E-state index in [1.54, 1.807) is 21.8 Å². The van der Waals surface area contributed by atoms with Crippen molar-refractivity contribution in [2.45, 2.75) is 19.8 Å². The number of nitriles is 1. The van der Waals surface area contributed by atoms with Crippen LogP contribution in [0.1, 0.15) is 19.8 Å². The van der Waals surface area contributed by atoms with Crippen molar-refractivity contribution in [1.82, 2.24) is 19.8 Å². The molecule has 3 aromatic rings. The van der Waals surface area contributed by atoms with Crippen LogP contribution >= 0.6 is 0 Å². The zero-order chi connectivity index (χ0) is 17.9. The molecule has 0 bridgehead atoms. The van der Waals surface area contributed by atoms with Gasteiger partial charge in [-0.15, -0.1) is 0 Å². The summed E-state index contributed by atoms with van der Waals surface area (Å²) >= 11 is 0. The summed E-state index contributed by atoms with van der Waals surface area (Å²) in [4.78, 5) is 15.1. The van der Waals surface area contributed by atoms with Gasteiger partial charge in [0.25, 0.3) is 0 Å². The smallest absolute Gasteiger partial charge is 0.248 e. The third-order valence-corrected chi connectivity index (χ3v) is 5.81. The summed E-state index contributed by atoms with van der Waals surface area (Å²) in [6.07, 6.45) is 7.31. The highest BCUT2D eigenvalue weighted by Crippen LogP contribution is 2.54. The van der Waals surface area contributed by atoms with Crippen LogP contribution in [-0.4, -0.2) is 32.3 Å². The number of H-pyrrole nitrogens is 1. The molecule has 7 nitrogen and oxygen atoms in total. The topological polar surface area (TPSA) is 90.1 Å². The number of nitrogens with one attached hydrogen (secondary N) is 1. The predicted molar refractivity (Wildman–Crippen MR) is 95.1 cm³/mol. The van der Waals surface area contributed by atoms with E-state index < -0.39 is 5.41 Å². The fourth-order valence-corrected chi connectivity index (χ4v) is 4.30. The Balaban J connectivity index is 1.62. The second-order valence-electron chi connectivity index (χ2n) is 7.31. The van der Waals surface area contributed by atoms with Crippen LogP contribution < -0.4 is 4.90 Å². The van der Waals surface area contributed by atoms with Crippen molar-refractivity contribution >= 4 is 17.1 Å². The zero-order valence-electron chi connectivity index (χ0n) is 14.4. The van der Waals surface area contributed by atoms with E-state index in [4.69, 9.17) is 0 Å². The number of carbonyl (C=O) groups excluding carboxylic acids is 1.